The number of Topliss-reactive ketones (excluding diaryl/α,β-unsaturated/α-hetero) is 1. The van der Waals surface area contributed by atoms with Crippen molar-refractivity contribution in [2.24, 2.45) is 14.1 Å². The molecule has 32 heavy (non-hydrogen) atoms. The van der Waals surface area contributed by atoms with Crippen LogP contribution in [0, 0.1) is 5.82 Å². The summed E-state index contributed by atoms with van der Waals surface area (Å²) in [5.41, 5.74) is 2.67. The van der Waals surface area contributed by atoms with Crippen molar-refractivity contribution in [3.8, 4) is 0 Å². The quantitative estimate of drug-likeness (QED) is 0.414. The predicted octanol–water partition coefficient (Wildman–Crippen LogP) is -0.124. The first-order valence-electron chi connectivity index (χ1n) is 9.43. The molecule has 0 saturated heterocycles. The molecule has 13 heteroatoms. The highest BCUT2D eigenvalue weighted by molar-refractivity contribution is 7.89. The van der Waals surface area contributed by atoms with Crippen LogP contribution >= 0.6 is 0 Å². The van der Waals surface area contributed by atoms with Crippen molar-refractivity contribution < 1.29 is 27.1 Å². The minimum atomic E-state index is -3.97. The molecule has 1 aromatic heterocycles. The molecular formula is C19H23FN4O7S. The van der Waals surface area contributed by atoms with Crippen LogP contribution in [0.5, 0.6) is 0 Å². The first kappa shape index (κ1) is 24.9. The zero-order chi connectivity index (χ0) is 24.4. The van der Waals surface area contributed by atoms with Gasteiger partial charge in [-0.2, -0.15) is 4.31 Å². The summed E-state index contributed by atoms with van der Waals surface area (Å²) >= 11 is 0. The van der Waals surface area contributed by atoms with Gasteiger partial charge in [0.1, 0.15) is 17.2 Å². The number of ether oxygens (including phenoxy) is 1. The first-order valence-corrected chi connectivity index (χ1v) is 10.9. The summed E-state index contributed by atoms with van der Waals surface area (Å²) in [6, 6.07) is 2.63. The van der Waals surface area contributed by atoms with Crippen LogP contribution in [0.25, 0.3) is 0 Å². The van der Waals surface area contributed by atoms with Gasteiger partial charge in [0.2, 0.25) is 15.8 Å². The number of ketones is 1. The third-order valence-corrected chi connectivity index (χ3v) is 6.87. The summed E-state index contributed by atoms with van der Waals surface area (Å²) < 4.78 is 46.9. The number of esters is 1. The van der Waals surface area contributed by atoms with E-state index in [1.165, 1.54) is 7.05 Å². The number of carbonyl (C=O) groups excluding carboxylic acids is 2. The molecule has 0 atom stereocenters. The van der Waals surface area contributed by atoms with Gasteiger partial charge in [0.15, 0.2) is 6.61 Å². The van der Waals surface area contributed by atoms with E-state index in [0.717, 1.165) is 34.1 Å². The maximum atomic E-state index is 14.2. The van der Waals surface area contributed by atoms with Gasteiger partial charge in [-0.3, -0.25) is 18.7 Å². The van der Waals surface area contributed by atoms with Gasteiger partial charge in [-0.15, -0.1) is 0 Å². The Balaban J connectivity index is 2.33. The number of nitrogen functional groups attached to an aromatic ring is 1. The highest BCUT2D eigenvalue weighted by atomic mass is 32.2. The Hall–Kier alpha value is -3.32. The van der Waals surface area contributed by atoms with Gasteiger partial charge >= 0.3 is 11.7 Å². The van der Waals surface area contributed by atoms with Crippen molar-refractivity contribution in [2.75, 3.05) is 25.4 Å². The van der Waals surface area contributed by atoms with E-state index in [2.05, 4.69) is 0 Å². The fourth-order valence-corrected chi connectivity index (χ4v) is 4.42. The number of hydrogen-bond donors (Lipinski definition) is 1. The SMILES string of the molecule is CCN(CC)S(=O)(=O)c1ccc(F)c(C(=O)OCC(=O)c2c(N)n(C)c(=O)n(C)c2=O)c1. The Morgan fingerprint density at radius 3 is 2.28 bits per heavy atom. The van der Waals surface area contributed by atoms with E-state index in [1.54, 1.807) is 13.8 Å². The van der Waals surface area contributed by atoms with Crippen LogP contribution < -0.4 is 17.0 Å². The van der Waals surface area contributed by atoms with Crippen LogP contribution in [0.1, 0.15) is 34.6 Å². The molecule has 0 aliphatic heterocycles. The number of aromatic nitrogens is 2. The molecule has 0 bridgehead atoms. The second kappa shape index (κ2) is 9.44. The molecular weight excluding hydrogens is 447 g/mol. The van der Waals surface area contributed by atoms with Gasteiger partial charge in [0.25, 0.3) is 5.56 Å². The Bertz CT molecular complexity index is 1290. The van der Waals surface area contributed by atoms with Crippen LogP contribution in [-0.2, 0) is 28.9 Å². The number of hydrogen-bond acceptors (Lipinski definition) is 8. The van der Waals surface area contributed by atoms with Gasteiger partial charge in [-0.1, -0.05) is 13.8 Å². The average molecular weight is 470 g/mol. The van der Waals surface area contributed by atoms with Crippen molar-refractivity contribution in [2.45, 2.75) is 18.7 Å². The van der Waals surface area contributed by atoms with Crippen molar-refractivity contribution >= 4 is 27.6 Å². The molecule has 0 aliphatic carbocycles. The molecule has 0 saturated carbocycles. The maximum absolute atomic E-state index is 14.2. The maximum Gasteiger partial charge on any atom is 0.341 e. The lowest BCUT2D eigenvalue weighted by atomic mass is 10.2. The van der Waals surface area contributed by atoms with Crippen LogP contribution in [0.3, 0.4) is 0 Å². The van der Waals surface area contributed by atoms with Crippen LogP contribution in [0.4, 0.5) is 10.2 Å². The smallest absolute Gasteiger partial charge is 0.341 e. The second-order valence-electron chi connectivity index (χ2n) is 6.70. The Morgan fingerprint density at radius 2 is 1.72 bits per heavy atom. The van der Waals surface area contributed by atoms with E-state index in [-0.39, 0.29) is 18.0 Å². The number of nitrogens with zero attached hydrogens (tertiary/aromatic N) is 3. The molecule has 1 heterocycles. The highest BCUT2D eigenvalue weighted by Gasteiger charge is 2.26. The monoisotopic (exact) mass is 470 g/mol. The topological polar surface area (TPSA) is 151 Å². The zero-order valence-corrected chi connectivity index (χ0v) is 18.7. The molecule has 2 aromatic rings. The molecule has 2 rings (SSSR count). The van der Waals surface area contributed by atoms with Gasteiger partial charge in [-0.25, -0.2) is 22.4 Å². The molecule has 0 amide bonds. The molecule has 2 N–H and O–H groups in total. The van der Waals surface area contributed by atoms with E-state index in [9.17, 15) is 32.0 Å². The number of anilines is 1. The minimum absolute atomic E-state index is 0.167. The lowest BCUT2D eigenvalue weighted by Crippen LogP contribution is -2.42. The predicted molar refractivity (Wildman–Crippen MR) is 112 cm³/mol. The number of rotatable bonds is 8. The molecule has 0 unspecified atom stereocenters. The van der Waals surface area contributed by atoms with Crippen molar-refractivity contribution in [1.29, 1.82) is 0 Å². The number of halogens is 1. The fraction of sp³-hybridized carbons (Fsp3) is 0.368. The average Bonchev–Trinajstić information content (AvgIpc) is 2.75. The van der Waals surface area contributed by atoms with E-state index in [0.29, 0.717) is 4.57 Å². The number of carbonyl (C=O) groups is 2. The summed E-state index contributed by atoms with van der Waals surface area (Å²) in [5, 5.41) is 0. The summed E-state index contributed by atoms with van der Waals surface area (Å²) in [4.78, 5) is 48.5. The van der Waals surface area contributed by atoms with Crippen LogP contribution in [0.2, 0.25) is 0 Å². The van der Waals surface area contributed by atoms with Crippen molar-refractivity contribution in [3.63, 3.8) is 0 Å². The Kier molecular flexibility index (Phi) is 7.36. The lowest BCUT2D eigenvalue weighted by molar-refractivity contribution is 0.0469. The summed E-state index contributed by atoms with van der Waals surface area (Å²) in [5.74, 6) is -3.80. The number of benzene rings is 1. The van der Waals surface area contributed by atoms with Crippen LogP contribution in [-0.4, -0.2) is 53.3 Å². The lowest BCUT2D eigenvalue weighted by Gasteiger charge is -2.18. The van der Waals surface area contributed by atoms with Gasteiger partial charge in [0, 0.05) is 27.2 Å². The molecule has 0 radical (unpaired) electrons. The zero-order valence-electron chi connectivity index (χ0n) is 17.9. The van der Waals surface area contributed by atoms with Gasteiger partial charge in [-0.05, 0) is 18.2 Å². The third kappa shape index (κ3) is 4.48. The summed E-state index contributed by atoms with van der Waals surface area (Å²) in [6.07, 6.45) is 0. The summed E-state index contributed by atoms with van der Waals surface area (Å²) in [7, 11) is -1.58. The molecule has 0 spiro atoms. The molecule has 0 fully saturated rings. The van der Waals surface area contributed by atoms with E-state index in [1.807, 2.05) is 0 Å². The standard InChI is InChI=1S/C19H23FN4O7S/c1-5-24(6-2)32(29,30)11-7-8-13(20)12(9-11)18(27)31-10-14(25)15-16(21)22(3)19(28)23(4)17(15)26/h7-9H,5-6,10,21H2,1-4H3. The largest absolute Gasteiger partial charge is 0.454 e. The Labute approximate surface area is 182 Å². The van der Waals surface area contributed by atoms with E-state index < -0.39 is 62.4 Å². The fourth-order valence-electron chi connectivity index (χ4n) is 2.94. The molecule has 0 aliphatic rings. The van der Waals surface area contributed by atoms with Gasteiger partial charge < -0.3 is 10.5 Å². The molecule has 174 valence electrons. The summed E-state index contributed by atoms with van der Waals surface area (Å²) in [6.45, 7) is 2.60. The van der Waals surface area contributed by atoms with Crippen molar-refractivity contribution in [1.82, 2.24) is 13.4 Å². The van der Waals surface area contributed by atoms with Gasteiger partial charge in [0.05, 0.1) is 10.5 Å². The molecule has 1 aromatic carbocycles. The van der Waals surface area contributed by atoms with E-state index in [4.69, 9.17) is 10.5 Å². The van der Waals surface area contributed by atoms with Crippen LogP contribution in [0.15, 0.2) is 32.7 Å². The number of sulfonamides is 1. The van der Waals surface area contributed by atoms with E-state index >= 15 is 0 Å². The highest BCUT2D eigenvalue weighted by Crippen LogP contribution is 2.20. The minimum Gasteiger partial charge on any atom is -0.454 e. The first-order chi connectivity index (χ1) is 14.9. The molecule has 11 nitrogen and oxygen atoms in total. The van der Waals surface area contributed by atoms with Crippen molar-refractivity contribution in [3.05, 3.63) is 56.0 Å². The second-order valence-corrected chi connectivity index (χ2v) is 8.63. The third-order valence-electron chi connectivity index (χ3n) is 4.82. The number of nitrogens with two attached hydrogens (primary N) is 1. The Morgan fingerprint density at radius 1 is 1.12 bits per heavy atom. The normalized spacial score (nSPS) is 11.6.